The van der Waals surface area contributed by atoms with Crippen molar-refractivity contribution >= 4 is 48.9 Å². The van der Waals surface area contributed by atoms with Crippen LogP contribution in [0.4, 0.5) is 0 Å². The fourth-order valence-electron chi connectivity index (χ4n) is 5.26. The number of benzene rings is 1. The standard InChI is InChI=1S/C20H23ClN2O3S2/c21-13-3-4-17-16(6-13)23-19(27-17)12-8-20(9-12)10-14(11-20)22-18(24)7-15-2-1-5-28(15,25)26/h3-4,6,12,14-15H,1-2,5,7-11H2,(H,22,24). The number of thiazole rings is 1. The van der Waals surface area contributed by atoms with Crippen molar-refractivity contribution in [3.63, 3.8) is 0 Å². The number of hydrogen-bond donors (Lipinski definition) is 1. The van der Waals surface area contributed by atoms with E-state index in [1.165, 1.54) is 9.71 Å². The van der Waals surface area contributed by atoms with E-state index in [2.05, 4.69) is 5.32 Å². The number of halogens is 1. The first-order valence-corrected chi connectivity index (χ1v) is 12.8. The lowest BCUT2D eigenvalue weighted by Crippen LogP contribution is -2.55. The molecule has 1 spiro atoms. The Kier molecular flexibility index (Phi) is 4.49. The topological polar surface area (TPSA) is 76.1 Å². The molecule has 1 atom stereocenters. The van der Waals surface area contributed by atoms with E-state index in [4.69, 9.17) is 16.6 Å². The lowest BCUT2D eigenvalue weighted by Gasteiger charge is -2.57. The van der Waals surface area contributed by atoms with Crippen molar-refractivity contribution in [3.8, 4) is 0 Å². The van der Waals surface area contributed by atoms with Gasteiger partial charge in [0.15, 0.2) is 9.84 Å². The average Bonchev–Trinajstić information content (AvgIpc) is 3.11. The summed E-state index contributed by atoms with van der Waals surface area (Å²) in [6, 6.07) is 6.06. The van der Waals surface area contributed by atoms with Crippen LogP contribution in [0.3, 0.4) is 0 Å². The van der Waals surface area contributed by atoms with E-state index in [0.29, 0.717) is 24.2 Å². The highest BCUT2D eigenvalue weighted by atomic mass is 35.5. The minimum absolute atomic E-state index is 0.103. The van der Waals surface area contributed by atoms with Gasteiger partial charge in [-0.25, -0.2) is 13.4 Å². The molecule has 5 rings (SSSR count). The third-order valence-corrected chi connectivity index (χ3v) is 10.4. The van der Waals surface area contributed by atoms with E-state index >= 15 is 0 Å². The highest BCUT2D eigenvalue weighted by Crippen LogP contribution is 2.62. The smallest absolute Gasteiger partial charge is 0.221 e. The van der Waals surface area contributed by atoms with Gasteiger partial charge in [-0.2, -0.15) is 0 Å². The molecule has 1 unspecified atom stereocenters. The van der Waals surface area contributed by atoms with Crippen LogP contribution in [-0.4, -0.2) is 36.4 Å². The molecule has 1 amide bonds. The molecule has 2 heterocycles. The van der Waals surface area contributed by atoms with Crippen molar-refractivity contribution in [1.82, 2.24) is 10.3 Å². The normalized spacial score (nSPS) is 33.5. The molecular weight excluding hydrogens is 416 g/mol. The van der Waals surface area contributed by atoms with Crippen molar-refractivity contribution in [1.29, 1.82) is 0 Å². The first-order valence-electron chi connectivity index (χ1n) is 9.89. The van der Waals surface area contributed by atoms with E-state index in [1.807, 2.05) is 18.2 Å². The molecule has 150 valence electrons. The molecule has 1 aromatic carbocycles. The second kappa shape index (κ2) is 6.67. The van der Waals surface area contributed by atoms with Gasteiger partial charge in [-0.05, 0) is 62.1 Å². The van der Waals surface area contributed by atoms with Gasteiger partial charge in [-0.1, -0.05) is 11.6 Å². The summed E-state index contributed by atoms with van der Waals surface area (Å²) in [5, 5.41) is 4.50. The number of amides is 1. The van der Waals surface area contributed by atoms with Crippen LogP contribution in [0.5, 0.6) is 0 Å². The summed E-state index contributed by atoms with van der Waals surface area (Å²) >= 11 is 7.81. The number of carbonyl (C=O) groups excluding carboxylic acids is 1. The minimum Gasteiger partial charge on any atom is -0.353 e. The lowest BCUT2D eigenvalue weighted by molar-refractivity contribution is -0.124. The van der Waals surface area contributed by atoms with E-state index in [0.717, 1.165) is 36.2 Å². The zero-order chi connectivity index (χ0) is 19.5. The highest BCUT2D eigenvalue weighted by Gasteiger charge is 2.54. The molecule has 2 aromatic rings. The van der Waals surface area contributed by atoms with Crippen LogP contribution in [0, 0.1) is 5.41 Å². The Labute approximate surface area is 173 Å². The van der Waals surface area contributed by atoms with Gasteiger partial charge < -0.3 is 5.32 Å². The maximum absolute atomic E-state index is 12.2. The second-order valence-electron chi connectivity index (χ2n) is 8.78. The first-order chi connectivity index (χ1) is 13.3. The van der Waals surface area contributed by atoms with Crippen LogP contribution in [-0.2, 0) is 14.6 Å². The van der Waals surface area contributed by atoms with Crippen molar-refractivity contribution < 1.29 is 13.2 Å². The Balaban J connectivity index is 1.12. The maximum atomic E-state index is 12.2. The zero-order valence-electron chi connectivity index (χ0n) is 15.5. The van der Waals surface area contributed by atoms with Gasteiger partial charge in [-0.15, -0.1) is 11.3 Å². The molecule has 0 radical (unpaired) electrons. The van der Waals surface area contributed by atoms with E-state index in [1.54, 1.807) is 11.3 Å². The molecule has 3 aliphatic rings. The Morgan fingerprint density at radius 1 is 1.29 bits per heavy atom. The van der Waals surface area contributed by atoms with Gasteiger partial charge in [0.05, 0.1) is 26.2 Å². The third-order valence-electron chi connectivity index (χ3n) is 6.67. The molecule has 1 saturated heterocycles. The Bertz CT molecular complexity index is 1030. The minimum atomic E-state index is -3.05. The molecule has 2 saturated carbocycles. The second-order valence-corrected chi connectivity index (χ2v) is 12.7. The van der Waals surface area contributed by atoms with Crippen LogP contribution in [0.2, 0.25) is 5.02 Å². The van der Waals surface area contributed by atoms with Gasteiger partial charge in [0, 0.05) is 23.4 Å². The summed E-state index contributed by atoms with van der Waals surface area (Å²) in [4.78, 5) is 17.0. The number of nitrogens with zero attached hydrogens (tertiary/aromatic N) is 1. The third kappa shape index (κ3) is 3.35. The van der Waals surface area contributed by atoms with Gasteiger partial charge in [0.2, 0.25) is 5.91 Å². The Morgan fingerprint density at radius 3 is 2.79 bits per heavy atom. The first kappa shape index (κ1) is 18.8. The molecule has 28 heavy (non-hydrogen) atoms. The fourth-order valence-corrected chi connectivity index (χ4v) is 8.30. The number of fused-ring (bicyclic) bond motifs is 1. The molecule has 2 aliphatic carbocycles. The van der Waals surface area contributed by atoms with Crippen LogP contribution in [0.1, 0.15) is 55.9 Å². The molecule has 1 N–H and O–H groups in total. The summed E-state index contributed by atoms with van der Waals surface area (Å²) in [5.41, 5.74) is 1.33. The molecular formula is C20H23ClN2O3S2. The van der Waals surface area contributed by atoms with Gasteiger partial charge in [0.1, 0.15) is 0 Å². The predicted octanol–water partition coefficient (Wildman–Crippen LogP) is 4.06. The van der Waals surface area contributed by atoms with Crippen LogP contribution in [0.15, 0.2) is 18.2 Å². The number of sulfone groups is 1. The van der Waals surface area contributed by atoms with Crippen LogP contribution >= 0.6 is 22.9 Å². The van der Waals surface area contributed by atoms with Crippen LogP contribution in [0.25, 0.3) is 10.2 Å². The van der Waals surface area contributed by atoms with Gasteiger partial charge in [0.25, 0.3) is 0 Å². The summed E-state index contributed by atoms with van der Waals surface area (Å²) in [5.74, 6) is 0.641. The molecule has 3 fully saturated rings. The van der Waals surface area contributed by atoms with Crippen molar-refractivity contribution in [2.45, 2.75) is 62.2 Å². The Morgan fingerprint density at radius 2 is 2.07 bits per heavy atom. The van der Waals surface area contributed by atoms with E-state index in [-0.39, 0.29) is 24.1 Å². The summed E-state index contributed by atoms with van der Waals surface area (Å²) in [6.07, 6.45) is 5.70. The summed E-state index contributed by atoms with van der Waals surface area (Å²) in [7, 11) is -3.05. The lowest BCUT2D eigenvalue weighted by atomic mass is 9.50. The SMILES string of the molecule is O=C(CC1CCCS1(=O)=O)NC1CC2(C1)CC(c1nc3cc(Cl)ccc3s1)C2. The zero-order valence-corrected chi connectivity index (χ0v) is 17.9. The number of hydrogen-bond acceptors (Lipinski definition) is 5. The predicted molar refractivity (Wildman–Crippen MR) is 112 cm³/mol. The molecule has 1 aliphatic heterocycles. The van der Waals surface area contributed by atoms with Gasteiger partial charge in [-0.3, -0.25) is 4.79 Å². The number of rotatable bonds is 4. The van der Waals surface area contributed by atoms with Crippen molar-refractivity contribution in [2.24, 2.45) is 5.41 Å². The quantitative estimate of drug-likeness (QED) is 0.780. The van der Waals surface area contributed by atoms with Crippen molar-refractivity contribution in [2.75, 3.05) is 5.75 Å². The molecule has 5 nitrogen and oxygen atoms in total. The number of carbonyl (C=O) groups is 1. The maximum Gasteiger partial charge on any atom is 0.221 e. The fraction of sp³-hybridized carbons (Fsp3) is 0.600. The van der Waals surface area contributed by atoms with Gasteiger partial charge >= 0.3 is 0 Å². The van der Waals surface area contributed by atoms with E-state index < -0.39 is 15.1 Å². The summed E-state index contributed by atoms with van der Waals surface area (Å²) < 4.78 is 25.0. The summed E-state index contributed by atoms with van der Waals surface area (Å²) in [6.45, 7) is 0. The number of aromatic nitrogens is 1. The molecule has 1 aromatic heterocycles. The average molecular weight is 439 g/mol. The highest BCUT2D eigenvalue weighted by molar-refractivity contribution is 7.92. The molecule has 8 heteroatoms. The monoisotopic (exact) mass is 438 g/mol. The molecule has 0 bridgehead atoms. The largest absolute Gasteiger partial charge is 0.353 e. The number of nitrogens with one attached hydrogen (secondary N) is 1. The van der Waals surface area contributed by atoms with E-state index in [9.17, 15) is 13.2 Å². The van der Waals surface area contributed by atoms with Crippen molar-refractivity contribution in [3.05, 3.63) is 28.2 Å². The van der Waals surface area contributed by atoms with Crippen LogP contribution < -0.4 is 5.32 Å². The Hall–Kier alpha value is -1.18.